The summed E-state index contributed by atoms with van der Waals surface area (Å²) in [6.45, 7) is 0.570. The number of benzene rings is 2. The maximum atomic E-state index is 13.2. The van der Waals surface area contributed by atoms with E-state index >= 15 is 0 Å². The molecular weight excluding hydrogens is 460 g/mol. The Morgan fingerprint density at radius 2 is 1.69 bits per heavy atom. The van der Waals surface area contributed by atoms with Crippen molar-refractivity contribution in [3.05, 3.63) is 82.8 Å². The fourth-order valence-corrected chi connectivity index (χ4v) is 4.66. The largest absolute Gasteiger partial charge is 0.466 e. The van der Waals surface area contributed by atoms with Crippen molar-refractivity contribution in [2.24, 2.45) is 5.73 Å². The zero-order valence-corrected chi connectivity index (χ0v) is 20.1. The molecule has 0 aromatic heterocycles. The first-order valence-electron chi connectivity index (χ1n) is 11.5. The first-order valence-corrected chi connectivity index (χ1v) is 11.5. The molecule has 0 spiro atoms. The highest BCUT2D eigenvalue weighted by molar-refractivity contribution is 6.06. The molecule has 1 unspecified atom stereocenters. The van der Waals surface area contributed by atoms with Gasteiger partial charge in [0.2, 0.25) is 5.91 Å². The highest BCUT2D eigenvalue weighted by Gasteiger charge is 2.43. The minimum Gasteiger partial charge on any atom is -0.466 e. The average molecular weight is 487 g/mol. The number of ether oxygens (including phenoxy) is 2. The summed E-state index contributed by atoms with van der Waals surface area (Å²) >= 11 is 0. The van der Waals surface area contributed by atoms with Gasteiger partial charge in [0, 0.05) is 24.3 Å². The third kappa shape index (κ3) is 4.29. The Kier molecular flexibility index (Phi) is 7.06. The average Bonchev–Trinajstić information content (AvgIpc) is 2.92. The molecular formula is C27H26N4O5. The van der Waals surface area contributed by atoms with Gasteiger partial charge in [0.25, 0.3) is 0 Å². The van der Waals surface area contributed by atoms with Crippen LogP contribution in [-0.2, 0) is 23.9 Å². The Bertz CT molecular complexity index is 1310. The van der Waals surface area contributed by atoms with Crippen LogP contribution >= 0.6 is 0 Å². The van der Waals surface area contributed by atoms with Crippen LogP contribution < -0.4 is 15.5 Å². The summed E-state index contributed by atoms with van der Waals surface area (Å²) < 4.78 is 10.1. The Morgan fingerprint density at radius 3 is 2.33 bits per heavy atom. The number of methoxy groups -OCH3 is 2. The van der Waals surface area contributed by atoms with Crippen molar-refractivity contribution in [3.63, 3.8) is 0 Å². The van der Waals surface area contributed by atoms with Crippen LogP contribution in [0.1, 0.15) is 30.7 Å². The summed E-state index contributed by atoms with van der Waals surface area (Å²) in [6.07, 6.45) is 2.16. The zero-order valence-electron chi connectivity index (χ0n) is 20.1. The number of piperidine rings is 1. The van der Waals surface area contributed by atoms with Gasteiger partial charge < -0.3 is 20.1 Å². The van der Waals surface area contributed by atoms with E-state index < -0.39 is 17.9 Å². The van der Waals surface area contributed by atoms with E-state index in [1.165, 1.54) is 19.1 Å². The van der Waals surface area contributed by atoms with Gasteiger partial charge in [-0.15, -0.1) is 0 Å². The standard InChI is InChI=1S/C27H26N4O5/c1-35-26(33)23-22(17-9-4-3-5-10-17)20(16-28)25(29)31(24(23)27(34)36-2)19-12-8-11-18(15-19)30-14-7-6-13-21(30)32/h3-5,8-12,15,22H,6-7,13-14,29H2,1-2H3. The lowest BCUT2D eigenvalue weighted by Gasteiger charge is -2.36. The number of nitrogens with two attached hydrogens (primary N) is 1. The van der Waals surface area contributed by atoms with Gasteiger partial charge in [0.15, 0.2) is 0 Å². The molecule has 0 bridgehead atoms. The smallest absolute Gasteiger partial charge is 0.355 e. The molecule has 1 fully saturated rings. The number of nitrogens with zero attached hydrogens (tertiary/aromatic N) is 3. The fourth-order valence-electron chi connectivity index (χ4n) is 4.66. The van der Waals surface area contributed by atoms with E-state index in [4.69, 9.17) is 15.2 Å². The topological polar surface area (TPSA) is 126 Å². The fraction of sp³-hybridized carbons (Fsp3) is 0.259. The molecule has 0 saturated carbocycles. The maximum Gasteiger partial charge on any atom is 0.355 e. The van der Waals surface area contributed by atoms with Gasteiger partial charge in [-0.05, 0) is 36.6 Å². The summed E-state index contributed by atoms with van der Waals surface area (Å²) in [6, 6.07) is 17.8. The van der Waals surface area contributed by atoms with Gasteiger partial charge in [-0.25, -0.2) is 9.59 Å². The van der Waals surface area contributed by atoms with E-state index in [9.17, 15) is 19.6 Å². The molecule has 0 radical (unpaired) electrons. The molecule has 1 saturated heterocycles. The molecule has 2 aromatic carbocycles. The van der Waals surface area contributed by atoms with Crippen molar-refractivity contribution in [2.45, 2.75) is 25.2 Å². The second kappa shape index (κ2) is 10.4. The first-order chi connectivity index (χ1) is 17.4. The number of hydrogen-bond donors (Lipinski definition) is 1. The molecule has 0 aliphatic carbocycles. The third-order valence-corrected chi connectivity index (χ3v) is 6.33. The predicted molar refractivity (Wildman–Crippen MR) is 132 cm³/mol. The molecule has 184 valence electrons. The molecule has 9 heteroatoms. The third-order valence-electron chi connectivity index (χ3n) is 6.33. The summed E-state index contributed by atoms with van der Waals surface area (Å²) in [5.74, 6) is -2.59. The van der Waals surface area contributed by atoms with Crippen molar-refractivity contribution >= 4 is 29.2 Å². The van der Waals surface area contributed by atoms with Gasteiger partial charge in [-0.3, -0.25) is 9.69 Å². The van der Waals surface area contributed by atoms with Crippen LogP contribution in [0.3, 0.4) is 0 Å². The Hall–Kier alpha value is -4.58. The van der Waals surface area contributed by atoms with Crippen LogP contribution in [0.4, 0.5) is 11.4 Å². The second-order valence-corrected chi connectivity index (χ2v) is 8.36. The molecule has 2 aromatic rings. The summed E-state index contributed by atoms with van der Waals surface area (Å²) in [4.78, 5) is 41.9. The monoisotopic (exact) mass is 486 g/mol. The first kappa shape index (κ1) is 24.5. The summed E-state index contributed by atoms with van der Waals surface area (Å²) in [5, 5.41) is 10.1. The van der Waals surface area contributed by atoms with E-state index in [0.29, 0.717) is 29.9 Å². The predicted octanol–water partition coefficient (Wildman–Crippen LogP) is 3.10. The lowest BCUT2D eigenvalue weighted by molar-refractivity contribution is -0.139. The van der Waals surface area contributed by atoms with Crippen LogP contribution in [0, 0.1) is 11.3 Å². The normalized spacial score (nSPS) is 18.1. The number of carbonyl (C=O) groups excluding carboxylic acids is 3. The van der Waals surface area contributed by atoms with Crippen LogP contribution in [0.2, 0.25) is 0 Å². The maximum absolute atomic E-state index is 13.2. The number of amides is 1. The lowest BCUT2D eigenvalue weighted by atomic mass is 9.81. The number of nitriles is 1. The molecule has 2 aliphatic rings. The number of rotatable bonds is 5. The van der Waals surface area contributed by atoms with Crippen LogP contribution in [0.25, 0.3) is 0 Å². The van der Waals surface area contributed by atoms with Gasteiger partial charge in [-0.2, -0.15) is 5.26 Å². The SMILES string of the molecule is COC(=O)C1=C(C(=O)OC)N(c2cccc(N3CCCCC3=O)c2)C(N)=C(C#N)C1c1ccccc1. The van der Waals surface area contributed by atoms with Crippen molar-refractivity contribution in [1.29, 1.82) is 5.26 Å². The van der Waals surface area contributed by atoms with Crippen LogP contribution in [0.15, 0.2) is 77.3 Å². The molecule has 4 rings (SSSR count). The molecule has 36 heavy (non-hydrogen) atoms. The second-order valence-electron chi connectivity index (χ2n) is 8.36. The summed E-state index contributed by atoms with van der Waals surface area (Å²) in [5.41, 5.74) is 8.00. The van der Waals surface area contributed by atoms with Crippen molar-refractivity contribution < 1.29 is 23.9 Å². The number of hydrogen-bond acceptors (Lipinski definition) is 8. The van der Waals surface area contributed by atoms with Gasteiger partial charge in [0.1, 0.15) is 11.5 Å². The Morgan fingerprint density at radius 1 is 1.00 bits per heavy atom. The molecule has 2 heterocycles. The minimum atomic E-state index is -0.944. The number of esters is 2. The van der Waals surface area contributed by atoms with Crippen molar-refractivity contribution in [2.75, 3.05) is 30.6 Å². The van der Waals surface area contributed by atoms with E-state index in [-0.39, 0.29) is 28.6 Å². The Balaban J connectivity index is 1.97. The minimum absolute atomic E-state index is 0.00129. The van der Waals surface area contributed by atoms with Gasteiger partial charge >= 0.3 is 11.9 Å². The van der Waals surface area contributed by atoms with Crippen LogP contribution in [0.5, 0.6) is 0 Å². The van der Waals surface area contributed by atoms with E-state index in [1.54, 1.807) is 59.5 Å². The van der Waals surface area contributed by atoms with E-state index in [2.05, 4.69) is 6.07 Å². The van der Waals surface area contributed by atoms with Crippen molar-refractivity contribution in [1.82, 2.24) is 0 Å². The number of anilines is 2. The van der Waals surface area contributed by atoms with Crippen LogP contribution in [-0.4, -0.2) is 38.6 Å². The Labute approximate surface area is 209 Å². The summed E-state index contributed by atoms with van der Waals surface area (Å²) in [7, 11) is 2.40. The van der Waals surface area contributed by atoms with E-state index in [0.717, 1.165) is 12.8 Å². The van der Waals surface area contributed by atoms with Gasteiger partial charge in [-0.1, -0.05) is 36.4 Å². The number of carbonyl (C=O) groups is 3. The molecule has 2 N–H and O–H groups in total. The van der Waals surface area contributed by atoms with Gasteiger partial charge in [0.05, 0.1) is 37.4 Å². The van der Waals surface area contributed by atoms with Crippen molar-refractivity contribution in [3.8, 4) is 6.07 Å². The highest BCUT2D eigenvalue weighted by atomic mass is 16.5. The lowest BCUT2D eigenvalue weighted by Crippen LogP contribution is -2.41. The molecule has 1 atom stereocenters. The zero-order chi connectivity index (χ0) is 25.8. The molecule has 2 aliphatic heterocycles. The molecule has 1 amide bonds. The molecule has 9 nitrogen and oxygen atoms in total. The van der Waals surface area contributed by atoms with E-state index in [1.807, 2.05) is 0 Å². The highest BCUT2D eigenvalue weighted by Crippen LogP contribution is 2.43. The number of allylic oxidation sites excluding steroid dienone is 1. The quantitative estimate of drug-likeness (QED) is 0.639.